The monoisotopic (exact) mass is 366 g/mol. The van der Waals surface area contributed by atoms with Crippen LogP contribution in [-0.4, -0.2) is 33.6 Å². The largest absolute Gasteiger partial charge is 0.467 e. The molecule has 0 bridgehead atoms. The van der Waals surface area contributed by atoms with E-state index in [0.717, 1.165) is 22.0 Å². The quantitative estimate of drug-likeness (QED) is 0.463. The van der Waals surface area contributed by atoms with E-state index in [2.05, 4.69) is 0 Å². The lowest BCUT2D eigenvalue weighted by Gasteiger charge is -2.14. The molecule has 3 heterocycles. The molecule has 0 aromatic carbocycles. The number of Topliss-reactive ketones (excluding diaryl/α,β-unsaturated/α-hetero) is 1. The number of rotatable bonds is 5. The van der Waals surface area contributed by atoms with Gasteiger partial charge in [-0.15, -0.1) is 0 Å². The predicted molar refractivity (Wildman–Crippen MR) is 98.1 cm³/mol. The van der Waals surface area contributed by atoms with Gasteiger partial charge in [0.05, 0.1) is 31.2 Å². The number of allylic oxidation sites excluding steroid dienone is 2. The van der Waals surface area contributed by atoms with Gasteiger partial charge in [0.15, 0.2) is 5.78 Å². The smallest absolute Gasteiger partial charge is 0.233 e. The molecule has 2 unspecified atom stereocenters. The highest BCUT2D eigenvalue weighted by molar-refractivity contribution is 6.10. The van der Waals surface area contributed by atoms with Crippen LogP contribution in [0.4, 0.5) is 0 Å². The minimum atomic E-state index is -0.304. The Morgan fingerprint density at radius 2 is 1.81 bits per heavy atom. The first-order chi connectivity index (χ1) is 13.0. The molecule has 1 saturated heterocycles. The lowest BCUT2D eigenvalue weighted by Crippen LogP contribution is -2.36. The Balaban J connectivity index is 1.54. The summed E-state index contributed by atoms with van der Waals surface area (Å²) < 4.78 is 7.40. The van der Waals surface area contributed by atoms with Crippen LogP contribution in [-0.2, 0) is 16.1 Å². The fraction of sp³-hybridized carbons (Fsp3) is 0.381. The third kappa shape index (κ3) is 2.95. The number of carbonyl (C=O) groups excluding carboxylic acids is 3. The molecule has 1 aliphatic carbocycles. The van der Waals surface area contributed by atoms with E-state index >= 15 is 0 Å². The van der Waals surface area contributed by atoms with Crippen LogP contribution in [0.15, 0.2) is 41.0 Å². The number of furan rings is 1. The van der Waals surface area contributed by atoms with Crippen LogP contribution in [0.25, 0.3) is 0 Å². The molecule has 0 spiro atoms. The summed E-state index contributed by atoms with van der Waals surface area (Å²) >= 11 is 0. The van der Waals surface area contributed by atoms with Gasteiger partial charge in [-0.25, -0.2) is 0 Å². The molecule has 1 fully saturated rings. The van der Waals surface area contributed by atoms with Crippen molar-refractivity contribution in [1.82, 2.24) is 9.47 Å². The number of imide groups is 1. The van der Waals surface area contributed by atoms with E-state index in [1.54, 1.807) is 6.26 Å². The fourth-order valence-corrected chi connectivity index (χ4v) is 4.14. The first-order valence-corrected chi connectivity index (χ1v) is 9.20. The summed E-state index contributed by atoms with van der Waals surface area (Å²) in [6.45, 7) is 4.16. The maximum absolute atomic E-state index is 12.9. The molecule has 140 valence electrons. The van der Waals surface area contributed by atoms with Crippen LogP contribution in [0.1, 0.15) is 40.3 Å². The van der Waals surface area contributed by atoms with Gasteiger partial charge in [-0.05, 0) is 44.9 Å². The van der Waals surface area contributed by atoms with Crippen molar-refractivity contribution in [3.05, 3.63) is 59.3 Å². The normalized spacial score (nSPS) is 21.8. The van der Waals surface area contributed by atoms with Crippen LogP contribution in [0.3, 0.4) is 0 Å². The Hall–Kier alpha value is -2.89. The average molecular weight is 366 g/mol. The number of carbonyl (C=O) groups is 3. The van der Waals surface area contributed by atoms with Crippen molar-refractivity contribution in [1.29, 1.82) is 0 Å². The second kappa shape index (κ2) is 6.68. The molecule has 0 N–H and O–H groups in total. The summed E-state index contributed by atoms with van der Waals surface area (Å²) in [6, 6.07) is 5.53. The van der Waals surface area contributed by atoms with Gasteiger partial charge in [0.1, 0.15) is 5.76 Å². The van der Waals surface area contributed by atoms with Crippen LogP contribution in [0.5, 0.6) is 0 Å². The Bertz CT molecular complexity index is 910. The molecule has 2 atom stereocenters. The Labute approximate surface area is 157 Å². The number of aromatic nitrogens is 1. The molecule has 0 saturated carbocycles. The highest BCUT2D eigenvalue weighted by atomic mass is 16.3. The number of hydrogen-bond donors (Lipinski definition) is 0. The maximum Gasteiger partial charge on any atom is 0.233 e. The zero-order valence-corrected chi connectivity index (χ0v) is 15.5. The molecule has 1 aliphatic heterocycles. The van der Waals surface area contributed by atoms with Crippen LogP contribution in [0.2, 0.25) is 0 Å². The first-order valence-electron chi connectivity index (χ1n) is 9.20. The highest BCUT2D eigenvalue weighted by Gasteiger charge is 2.47. The molecule has 2 amide bonds. The predicted octanol–water partition coefficient (Wildman–Crippen LogP) is 2.88. The summed E-state index contributed by atoms with van der Waals surface area (Å²) in [7, 11) is 0. The summed E-state index contributed by atoms with van der Waals surface area (Å²) in [5, 5.41) is 0. The second-order valence-corrected chi connectivity index (χ2v) is 7.29. The lowest BCUT2D eigenvalue weighted by molar-refractivity contribution is -0.139. The standard InChI is InChI=1S/C21H22N2O4/c1-13-10-18(14(2)22(13)11-15-6-5-9-27-15)19(24)12-23-20(25)16-7-3-4-8-17(16)21(23)26/h3-6,9-10,16-17H,7-8,11-12H2,1-2H3. The third-order valence-electron chi connectivity index (χ3n) is 5.67. The number of nitrogens with zero attached hydrogens (tertiary/aromatic N) is 2. The van der Waals surface area contributed by atoms with Crippen LogP contribution >= 0.6 is 0 Å². The number of fused-ring (bicyclic) bond motifs is 1. The molecule has 2 aliphatic rings. The summed E-state index contributed by atoms with van der Waals surface area (Å²) in [4.78, 5) is 39.2. The van der Waals surface area contributed by atoms with E-state index in [0.29, 0.717) is 24.9 Å². The molecular formula is C21H22N2O4. The molecule has 2 aromatic rings. The van der Waals surface area contributed by atoms with Crippen molar-refractivity contribution in [2.75, 3.05) is 6.54 Å². The second-order valence-electron chi connectivity index (χ2n) is 7.29. The Kier molecular flexibility index (Phi) is 4.34. The summed E-state index contributed by atoms with van der Waals surface area (Å²) in [5.74, 6) is -0.443. The number of hydrogen-bond acceptors (Lipinski definition) is 4. The van der Waals surface area contributed by atoms with Crippen LogP contribution in [0, 0.1) is 25.7 Å². The van der Waals surface area contributed by atoms with Crippen molar-refractivity contribution < 1.29 is 18.8 Å². The van der Waals surface area contributed by atoms with E-state index in [1.165, 1.54) is 0 Å². The molecule has 4 rings (SSSR count). The fourth-order valence-electron chi connectivity index (χ4n) is 4.14. The van der Waals surface area contributed by atoms with E-state index in [9.17, 15) is 14.4 Å². The minimum absolute atomic E-state index is 0.185. The van der Waals surface area contributed by atoms with Crippen molar-refractivity contribution in [3.63, 3.8) is 0 Å². The topological polar surface area (TPSA) is 72.5 Å². The Morgan fingerprint density at radius 3 is 2.41 bits per heavy atom. The molecule has 27 heavy (non-hydrogen) atoms. The van der Waals surface area contributed by atoms with Gasteiger partial charge in [0.2, 0.25) is 11.8 Å². The van der Waals surface area contributed by atoms with E-state index in [4.69, 9.17) is 4.42 Å². The van der Waals surface area contributed by atoms with Gasteiger partial charge in [-0.3, -0.25) is 19.3 Å². The number of aryl methyl sites for hydroxylation is 1. The van der Waals surface area contributed by atoms with Crippen molar-refractivity contribution in [2.45, 2.75) is 33.2 Å². The average Bonchev–Trinajstić information content (AvgIpc) is 3.34. The molecule has 6 nitrogen and oxygen atoms in total. The van der Waals surface area contributed by atoms with Crippen molar-refractivity contribution in [3.8, 4) is 0 Å². The number of ketones is 1. The van der Waals surface area contributed by atoms with E-state index in [-0.39, 0.29) is 36.0 Å². The van der Waals surface area contributed by atoms with Gasteiger partial charge in [-0.1, -0.05) is 12.2 Å². The van der Waals surface area contributed by atoms with E-state index in [1.807, 2.05) is 48.8 Å². The first kappa shape index (κ1) is 17.5. The van der Waals surface area contributed by atoms with Gasteiger partial charge < -0.3 is 8.98 Å². The number of likely N-dealkylation sites (tertiary alicyclic amines) is 1. The molecular weight excluding hydrogens is 344 g/mol. The van der Waals surface area contributed by atoms with E-state index < -0.39 is 0 Å². The SMILES string of the molecule is Cc1cc(C(=O)CN2C(=O)C3CC=CCC3C2=O)c(C)n1Cc1ccco1. The minimum Gasteiger partial charge on any atom is -0.467 e. The summed E-state index contributed by atoms with van der Waals surface area (Å²) in [6.07, 6.45) is 6.67. The zero-order chi connectivity index (χ0) is 19.1. The Morgan fingerprint density at radius 1 is 1.15 bits per heavy atom. The third-order valence-corrected chi connectivity index (χ3v) is 5.67. The van der Waals surface area contributed by atoms with Crippen molar-refractivity contribution >= 4 is 17.6 Å². The van der Waals surface area contributed by atoms with Gasteiger partial charge in [0.25, 0.3) is 0 Å². The van der Waals surface area contributed by atoms with Gasteiger partial charge >= 0.3 is 0 Å². The lowest BCUT2D eigenvalue weighted by atomic mass is 9.85. The molecule has 6 heteroatoms. The van der Waals surface area contributed by atoms with Gasteiger partial charge in [-0.2, -0.15) is 0 Å². The molecule has 2 aromatic heterocycles. The number of amides is 2. The maximum atomic E-state index is 12.9. The zero-order valence-electron chi connectivity index (χ0n) is 15.5. The van der Waals surface area contributed by atoms with Gasteiger partial charge in [0, 0.05) is 17.0 Å². The van der Waals surface area contributed by atoms with Crippen LogP contribution < -0.4 is 0 Å². The highest BCUT2D eigenvalue weighted by Crippen LogP contribution is 2.35. The van der Waals surface area contributed by atoms with Crippen molar-refractivity contribution in [2.24, 2.45) is 11.8 Å². The summed E-state index contributed by atoms with van der Waals surface area (Å²) in [5.41, 5.74) is 2.30. The molecule has 0 radical (unpaired) electrons.